The molecule has 0 saturated heterocycles. The van der Waals surface area contributed by atoms with Gasteiger partial charge < -0.3 is 5.11 Å². The highest BCUT2D eigenvalue weighted by Gasteiger charge is 2.06. The molecule has 1 unspecified atom stereocenters. The van der Waals surface area contributed by atoms with Crippen molar-refractivity contribution in [3.63, 3.8) is 0 Å². The van der Waals surface area contributed by atoms with Gasteiger partial charge in [-0.3, -0.25) is 0 Å². The number of aliphatic hydroxyl groups is 1. The van der Waals surface area contributed by atoms with Crippen LogP contribution >= 0.6 is 0 Å². The van der Waals surface area contributed by atoms with Crippen LogP contribution in [0.5, 0.6) is 0 Å². The number of benzene rings is 1. The number of rotatable bonds is 11. The summed E-state index contributed by atoms with van der Waals surface area (Å²) < 4.78 is 0. The summed E-state index contributed by atoms with van der Waals surface area (Å²) in [6, 6.07) is 8.30. The number of aliphatic hydroxyl groups excluding tert-OH is 1. The summed E-state index contributed by atoms with van der Waals surface area (Å²) >= 11 is 0. The molecule has 1 aromatic rings. The molecule has 114 valence electrons. The monoisotopic (exact) mass is 276 g/mol. The summed E-state index contributed by atoms with van der Waals surface area (Å²) in [6.07, 6.45) is 13.1. The second-order valence-electron chi connectivity index (χ2n) is 5.95. The van der Waals surface area contributed by atoms with E-state index in [1.807, 2.05) is 19.1 Å². The van der Waals surface area contributed by atoms with E-state index in [-0.39, 0.29) is 6.10 Å². The Morgan fingerprint density at radius 3 is 2.00 bits per heavy atom. The highest BCUT2D eigenvalue weighted by molar-refractivity contribution is 5.28. The first-order chi connectivity index (χ1) is 9.75. The predicted molar refractivity (Wildman–Crippen MR) is 88.0 cm³/mol. The largest absolute Gasteiger partial charge is 0.389 e. The SMILES string of the molecule is CCCCCCCCCCCc1ccccc1C(C)O. The van der Waals surface area contributed by atoms with Crippen molar-refractivity contribution < 1.29 is 5.11 Å². The van der Waals surface area contributed by atoms with Gasteiger partial charge in [-0.25, -0.2) is 0 Å². The fraction of sp³-hybridized carbons (Fsp3) is 0.684. The summed E-state index contributed by atoms with van der Waals surface area (Å²) in [6.45, 7) is 4.13. The molecule has 0 amide bonds. The molecule has 1 aromatic carbocycles. The molecule has 0 aliphatic heterocycles. The number of aryl methyl sites for hydroxylation is 1. The average molecular weight is 276 g/mol. The first-order valence-electron chi connectivity index (χ1n) is 8.51. The van der Waals surface area contributed by atoms with Gasteiger partial charge in [-0.1, -0.05) is 82.6 Å². The van der Waals surface area contributed by atoms with E-state index in [1.54, 1.807) is 0 Å². The Morgan fingerprint density at radius 1 is 0.850 bits per heavy atom. The lowest BCUT2D eigenvalue weighted by molar-refractivity contribution is 0.198. The van der Waals surface area contributed by atoms with Crippen molar-refractivity contribution in [2.45, 2.75) is 84.2 Å². The quantitative estimate of drug-likeness (QED) is 0.505. The zero-order chi connectivity index (χ0) is 14.6. The van der Waals surface area contributed by atoms with Crippen LogP contribution in [0, 0.1) is 0 Å². The van der Waals surface area contributed by atoms with E-state index in [2.05, 4.69) is 19.1 Å². The number of unbranched alkanes of at least 4 members (excludes halogenated alkanes) is 8. The van der Waals surface area contributed by atoms with E-state index in [0.29, 0.717) is 0 Å². The van der Waals surface area contributed by atoms with Gasteiger partial charge in [0.15, 0.2) is 0 Å². The fourth-order valence-corrected chi connectivity index (χ4v) is 2.80. The third-order valence-electron chi connectivity index (χ3n) is 4.05. The lowest BCUT2D eigenvalue weighted by Crippen LogP contribution is -1.98. The lowest BCUT2D eigenvalue weighted by atomic mass is 9.97. The van der Waals surface area contributed by atoms with E-state index in [1.165, 1.54) is 63.4 Å². The van der Waals surface area contributed by atoms with Gasteiger partial charge in [0.2, 0.25) is 0 Å². The molecule has 0 aliphatic carbocycles. The maximum Gasteiger partial charge on any atom is 0.0764 e. The topological polar surface area (TPSA) is 20.2 Å². The number of hydrogen-bond acceptors (Lipinski definition) is 1. The third-order valence-corrected chi connectivity index (χ3v) is 4.05. The van der Waals surface area contributed by atoms with Gasteiger partial charge >= 0.3 is 0 Å². The van der Waals surface area contributed by atoms with Crippen LogP contribution in [0.4, 0.5) is 0 Å². The highest BCUT2D eigenvalue weighted by Crippen LogP contribution is 2.20. The molecule has 0 aromatic heterocycles. The minimum Gasteiger partial charge on any atom is -0.389 e. The molecule has 0 heterocycles. The van der Waals surface area contributed by atoms with Crippen molar-refractivity contribution in [2.24, 2.45) is 0 Å². The van der Waals surface area contributed by atoms with Crippen LogP contribution in [-0.2, 0) is 6.42 Å². The molecule has 1 atom stereocenters. The zero-order valence-corrected chi connectivity index (χ0v) is 13.4. The van der Waals surface area contributed by atoms with E-state index in [9.17, 15) is 5.11 Å². The Kier molecular flexibility index (Phi) is 9.40. The van der Waals surface area contributed by atoms with Crippen molar-refractivity contribution in [1.82, 2.24) is 0 Å². The predicted octanol–water partition coefficient (Wildman–Crippen LogP) is 5.81. The molecule has 1 nitrogen and oxygen atoms in total. The molecule has 0 aliphatic rings. The van der Waals surface area contributed by atoms with Crippen molar-refractivity contribution in [3.05, 3.63) is 35.4 Å². The molecule has 0 saturated carbocycles. The maximum absolute atomic E-state index is 9.75. The van der Waals surface area contributed by atoms with Crippen LogP contribution in [0.3, 0.4) is 0 Å². The molecule has 0 bridgehead atoms. The minimum atomic E-state index is -0.343. The van der Waals surface area contributed by atoms with Gasteiger partial charge in [-0.15, -0.1) is 0 Å². The van der Waals surface area contributed by atoms with E-state index in [0.717, 1.165) is 12.0 Å². The minimum absolute atomic E-state index is 0.343. The van der Waals surface area contributed by atoms with Crippen molar-refractivity contribution >= 4 is 0 Å². The van der Waals surface area contributed by atoms with Crippen molar-refractivity contribution in [3.8, 4) is 0 Å². The molecule has 0 radical (unpaired) electrons. The normalized spacial score (nSPS) is 12.6. The van der Waals surface area contributed by atoms with Gasteiger partial charge in [0, 0.05) is 0 Å². The van der Waals surface area contributed by atoms with E-state index < -0.39 is 0 Å². The Bertz CT molecular complexity index is 343. The van der Waals surface area contributed by atoms with Crippen LogP contribution in [-0.4, -0.2) is 5.11 Å². The molecule has 0 spiro atoms. The van der Waals surface area contributed by atoms with E-state index >= 15 is 0 Å². The van der Waals surface area contributed by atoms with Crippen LogP contribution in [0.25, 0.3) is 0 Å². The molecule has 1 heteroatoms. The second-order valence-corrected chi connectivity index (χ2v) is 5.95. The Balaban J connectivity index is 2.10. The first-order valence-corrected chi connectivity index (χ1v) is 8.51. The van der Waals surface area contributed by atoms with Crippen LogP contribution in [0.2, 0.25) is 0 Å². The Hall–Kier alpha value is -0.820. The summed E-state index contributed by atoms with van der Waals surface area (Å²) in [5.41, 5.74) is 2.43. The summed E-state index contributed by atoms with van der Waals surface area (Å²) in [5.74, 6) is 0. The van der Waals surface area contributed by atoms with Gasteiger partial charge in [0.05, 0.1) is 6.10 Å². The second kappa shape index (κ2) is 10.9. The lowest BCUT2D eigenvalue weighted by Gasteiger charge is -2.11. The van der Waals surface area contributed by atoms with Gasteiger partial charge in [0.1, 0.15) is 0 Å². The highest BCUT2D eigenvalue weighted by atomic mass is 16.3. The van der Waals surface area contributed by atoms with Crippen LogP contribution in [0.15, 0.2) is 24.3 Å². The average Bonchev–Trinajstić information content (AvgIpc) is 2.46. The van der Waals surface area contributed by atoms with Crippen LogP contribution < -0.4 is 0 Å². The zero-order valence-electron chi connectivity index (χ0n) is 13.4. The molecule has 1 N–H and O–H groups in total. The third kappa shape index (κ3) is 7.09. The van der Waals surface area contributed by atoms with E-state index in [4.69, 9.17) is 0 Å². The first kappa shape index (κ1) is 17.2. The molecule has 0 fully saturated rings. The summed E-state index contributed by atoms with van der Waals surface area (Å²) in [5, 5.41) is 9.75. The standard InChI is InChI=1S/C19H32O/c1-3-4-5-6-7-8-9-10-11-14-18-15-12-13-16-19(18)17(2)20/h12-13,15-17,20H,3-11,14H2,1-2H3. The summed E-state index contributed by atoms with van der Waals surface area (Å²) in [4.78, 5) is 0. The van der Waals surface area contributed by atoms with Crippen LogP contribution in [0.1, 0.15) is 88.9 Å². The van der Waals surface area contributed by atoms with Gasteiger partial charge in [-0.05, 0) is 30.9 Å². The Labute approximate surface area is 125 Å². The molecular formula is C19H32O. The number of hydrogen-bond donors (Lipinski definition) is 1. The maximum atomic E-state index is 9.75. The van der Waals surface area contributed by atoms with Crippen molar-refractivity contribution in [2.75, 3.05) is 0 Å². The molecule has 20 heavy (non-hydrogen) atoms. The molecular weight excluding hydrogens is 244 g/mol. The Morgan fingerprint density at radius 2 is 1.40 bits per heavy atom. The summed E-state index contributed by atoms with van der Waals surface area (Å²) in [7, 11) is 0. The molecule has 1 rings (SSSR count). The van der Waals surface area contributed by atoms with Gasteiger partial charge in [-0.2, -0.15) is 0 Å². The van der Waals surface area contributed by atoms with Gasteiger partial charge in [0.25, 0.3) is 0 Å². The smallest absolute Gasteiger partial charge is 0.0764 e. The van der Waals surface area contributed by atoms with Crippen molar-refractivity contribution in [1.29, 1.82) is 0 Å². The fourth-order valence-electron chi connectivity index (χ4n) is 2.80.